The Balaban J connectivity index is 1.70. The standard InChI is InChI=1S/C28H38O12/c1-11-7-14(29)21(32)26(5)13(11)9-15-27-10-38-28(24(35)37-6,22(33)17(31)19(26)27)20(27)18(23(34)39-15)40-16(30)8-12(2)25(3,4)36/h7-8,13-15,17-22,29,31-33,36H,9-10H2,1-6H3/b12-8-/t13-,14-,15+,17+,18+,19+,20+,21+,22-,26-,27+,28-/m0/s1. The van der Waals surface area contributed by atoms with Gasteiger partial charge in [-0.15, -0.1) is 0 Å². The van der Waals surface area contributed by atoms with Crippen LogP contribution >= 0.6 is 0 Å². The third-order valence-electron chi connectivity index (χ3n) is 10.5. The van der Waals surface area contributed by atoms with Crippen molar-refractivity contribution in [1.82, 2.24) is 0 Å². The highest BCUT2D eigenvalue weighted by atomic mass is 16.6. The minimum atomic E-state index is -2.30. The van der Waals surface area contributed by atoms with E-state index in [2.05, 4.69) is 0 Å². The lowest BCUT2D eigenvalue weighted by Crippen LogP contribution is -2.80. The van der Waals surface area contributed by atoms with Gasteiger partial charge >= 0.3 is 17.9 Å². The van der Waals surface area contributed by atoms with Gasteiger partial charge in [-0.2, -0.15) is 0 Å². The van der Waals surface area contributed by atoms with Gasteiger partial charge in [0.2, 0.25) is 11.7 Å². The van der Waals surface area contributed by atoms with Crippen LogP contribution in [-0.2, 0) is 33.3 Å². The summed E-state index contributed by atoms with van der Waals surface area (Å²) in [6.45, 7) is 7.62. The second-order valence-corrected chi connectivity index (χ2v) is 12.7. The molecule has 2 aliphatic heterocycles. The van der Waals surface area contributed by atoms with E-state index in [1.54, 1.807) is 13.8 Å². The van der Waals surface area contributed by atoms with Gasteiger partial charge in [0.05, 0.1) is 43.5 Å². The van der Waals surface area contributed by atoms with E-state index >= 15 is 0 Å². The van der Waals surface area contributed by atoms with Gasteiger partial charge in [0.25, 0.3) is 0 Å². The molecule has 0 aromatic heterocycles. The van der Waals surface area contributed by atoms with E-state index in [-0.39, 0.29) is 18.6 Å². The molecule has 2 heterocycles. The zero-order valence-electron chi connectivity index (χ0n) is 23.4. The number of methoxy groups -OCH3 is 1. The topological polar surface area (TPSA) is 189 Å². The summed E-state index contributed by atoms with van der Waals surface area (Å²) >= 11 is 0. The number of fused-ring (bicyclic) bond motifs is 2. The van der Waals surface area contributed by atoms with Gasteiger partial charge < -0.3 is 44.5 Å². The first-order valence-electron chi connectivity index (χ1n) is 13.4. The van der Waals surface area contributed by atoms with Gasteiger partial charge in [-0.1, -0.05) is 18.6 Å². The van der Waals surface area contributed by atoms with E-state index in [1.165, 1.54) is 26.8 Å². The van der Waals surface area contributed by atoms with Crippen molar-refractivity contribution in [2.24, 2.45) is 28.6 Å². The fourth-order valence-corrected chi connectivity index (χ4v) is 8.49. The molecule has 5 rings (SSSR count). The number of hydrogen-bond donors (Lipinski definition) is 5. The predicted molar refractivity (Wildman–Crippen MR) is 134 cm³/mol. The van der Waals surface area contributed by atoms with Gasteiger partial charge in [0, 0.05) is 22.8 Å². The van der Waals surface area contributed by atoms with E-state index in [0.29, 0.717) is 5.57 Å². The highest BCUT2D eigenvalue weighted by Gasteiger charge is 2.85. The van der Waals surface area contributed by atoms with Crippen LogP contribution in [0.5, 0.6) is 0 Å². The normalized spacial score (nSPS) is 47.9. The van der Waals surface area contributed by atoms with Gasteiger partial charge in [-0.25, -0.2) is 14.4 Å². The van der Waals surface area contributed by atoms with Crippen LogP contribution in [0.25, 0.3) is 0 Å². The van der Waals surface area contributed by atoms with Crippen LogP contribution in [0.4, 0.5) is 0 Å². The van der Waals surface area contributed by atoms with E-state index in [1.807, 2.05) is 0 Å². The van der Waals surface area contributed by atoms with Crippen molar-refractivity contribution < 1.29 is 58.9 Å². The van der Waals surface area contributed by atoms with E-state index in [0.717, 1.165) is 13.2 Å². The van der Waals surface area contributed by atoms with E-state index in [4.69, 9.17) is 18.9 Å². The first-order chi connectivity index (χ1) is 18.5. The van der Waals surface area contributed by atoms with Crippen molar-refractivity contribution in [3.8, 4) is 0 Å². The Labute approximate surface area is 231 Å². The van der Waals surface area contributed by atoms with Crippen molar-refractivity contribution >= 4 is 17.9 Å². The van der Waals surface area contributed by atoms with Crippen molar-refractivity contribution in [2.45, 2.75) is 88.9 Å². The molecule has 2 saturated heterocycles. The lowest BCUT2D eigenvalue weighted by atomic mass is 9.37. The largest absolute Gasteiger partial charge is 0.467 e. The third kappa shape index (κ3) is 3.50. The minimum Gasteiger partial charge on any atom is -0.467 e. The Kier molecular flexibility index (Phi) is 6.61. The van der Waals surface area contributed by atoms with Crippen LogP contribution < -0.4 is 0 Å². The van der Waals surface area contributed by atoms with Crippen LogP contribution in [0, 0.1) is 28.6 Å². The summed E-state index contributed by atoms with van der Waals surface area (Å²) in [7, 11) is 1.07. The predicted octanol–water partition coefficient (Wildman–Crippen LogP) is -0.855. The summed E-state index contributed by atoms with van der Waals surface area (Å²) in [4.78, 5) is 40.0. The molecule has 0 amide bonds. The molecule has 12 heteroatoms. The lowest BCUT2D eigenvalue weighted by molar-refractivity contribution is -0.303. The van der Waals surface area contributed by atoms with E-state index < -0.39 is 94.3 Å². The molecule has 5 aliphatic rings. The second kappa shape index (κ2) is 9.07. The Morgan fingerprint density at radius 1 is 1.15 bits per heavy atom. The molecule has 40 heavy (non-hydrogen) atoms. The molecule has 0 aromatic carbocycles. The van der Waals surface area contributed by atoms with Crippen LogP contribution in [0.1, 0.15) is 41.0 Å². The summed E-state index contributed by atoms with van der Waals surface area (Å²) in [6, 6.07) is 0. The van der Waals surface area contributed by atoms with Crippen LogP contribution in [0.2, 0.25) is 0 Å². The van der Waals surface area contributed by atoms with Gasteiger partial charge in [-0.05, 0) is 45.6 Å². The fraction of sp³-hybridized carbons (Fsp3) is 0.750. The molecule has 222 valence electrons. The fourth-order valence-electron chi connectivity index (χ4n) is 8.49. The third-order valence-corrected chi connectivity index (χ3v) is 10.5. The number of carbonyl (C=O) groups is 3. The molecular weight excluding hydrogens is 528 g/mol. The zero-order chi connectivity index (χ0) is 29.7. The monoisotopic (exact) mass is 566 g/mol. The van der Waals surface area contributed by atoms with Crippen molar-refractivity contribution in [3.63, 3.8) is 0 Å². The number of aliphatic hydroxyl groups is 5. The molecule has 0 aromatic rings. The molecule has 12 atom stereocenters. The Hall–Kier alpha value is -2.35. The molecule has 2 saturated carbocycles. The van der Waals surface area contributed by atoms with Crippen LogP contribution in [-0.4, -0.2) is 105 Å². The van der Waals surface area contributed by atoms with Gasteiger partial charge in [-0.3, -0.25) is 0 Å². The molecular formula is C28H38O12. The molecule has 1 spiro atoms. The van der Waals surface area contributed by atoms with E-state index in [9.17, 15) is 39.9 Å². The number of carbonyl (C=O) groups excluding carboxylic acids is 3. The summed E-state index contributed by atoms with van der Waals surface area (Å²) in [5, 5.41) is 55.7. The lowest BCUT2D eigenvalue weighted by Gasteiger charge is -2.68. The Bertz CT molecular complexity index is 1190. The van der Waals surface area contributed by atoms with Gasteiger partial charge in [0.15, 0.2) is 0 Å². The average Bonchev–Trinajstić information content (AvgIpc) is 3.17. The SMILES string of the molecule is COC(=O)[C@@]12OC[C@]34[C@H]([C@@H](O)[C@@H]1O)[C@@]1(C)[C@H](O)[C@@H](O)C=C(C)[C@@H]1C[C@H]3OC(=O)[C@H](OC(=O)/C=C(/C)C(C)(C)O)[C@@H]24. The Morgan fingerprint density at radius 3 is 2.40 bits per heavy atom. The number of hydrogen-bond acceptors (Lipinski definition) is 12. The first-order valence-corrected chi connectivity index (χ1v) is 13.4. The van der Waals surface area contributed by atoms with Crippen LogP contribution in [0.15, 0.2) is 23.3 Å². The molecule has 12 nitrogen and oxygen atoms in total. The number of esters is 3. The van der Waals surface area contributed by atoms with Gasteiger partial charge in [0.1, 0.15) is 12.2 Å². The number of allylic oxidation sites excluding steroid dienone is 1. The highest BCUT2D eigenvalue weighted by molar-refractivity contribution is 5.89. The van der Waals surface area contributed by atoms with Crippen molar-refractivity contribution in [3.05, 3.63) is 23.3 Å². The number of rotatable bonds is 4. The molecule has 2 bridgehead atoms. The Morgan fingerprint density at radius 2 is 1.80 bits per heavy atom. The summed E-state index contributed by atoms with van der Waals surface area (Å²) in [5.41, 5.74) is -5.38. The molecule has 3 aliphatic carbocycles. The number of ether oxygens (including phenoxy) is 4. The minimum absolute atomic E-state index is 0.170. The average molecular weight is 567 g/mol. The molecule has 0 radical (unpaired) electrons. The summed E-state index contributed by atoms with van der Waals surface area (Å²) in [5.74, 6) is -5.93. The van der Waals surface area contributed by atoms with Crippen molar-refractivity contribution in [1.29, 1.82) is 0 Å². The number of aliphatic hydroxyl groups excluding tert-OH is 4. The van der Waals surface area contributed by atoms with Crippen LogP contribution in [0.3, 0.4) is 0 Å². The second-order valence-electron chi connectivity index (χ2n) is 12.7. The highest BCUT2D eigenvalue weighted by Crippen LogP contribution is 2.72. The maximum absolute atomic E-state index is 13.5. The summed E-state index contributed by atoms with van der Waals surface area (Å²) in [6.07, 6.45) is -6.28. The van der Waals surface area contributed by atoms with Crippen molar-refractivity contribution in [2.75, 3.05) is 13.7 Å². The maximum Gasteiger partial charge on any atom is 0.348 e. The summed E-state index contributed by atoms with van der Waals surface area (Å²) < 4.78 is 22.6. The zero-order valence-corrected chi connectivity index (χ0v) is 23.4. The molecule has 5 N–H and O–H groups in total. The first kappa shape index (κ1) is 29.2. The smallest absolute Gasteiger partial charge is 0.348 e. The maximum atomic E-state index is 13.5. The quantitative estimate of drug-likeness (QED) is 0.123. The molecule has 4 fully saturated rings. The molecule has 0 unspecified atom stereocenters.